The molecule has 0 spiro atoms. The maximum absolute atomic E-state index is 9.29. The molecule has 0 aliphatic rings. The summed E-state index contributed by atoms with van der Waals surface area (Å²) in [6, 6.07) is 16.1. The molecule has 20 heavy (non-hydrogen) atoms. The number of hydrogen-bond donors (Lipinski definition) is 2. The average Bonchev–Trinajstić information content (AvgIpc) is 2.48. The van der Waals surface area contributed by atoms with Crippen LogP contribution in [0.5, 0.6) is 0 Å². The first-order valence-corrected chi connectivity index (χ1v) is 6.84. The Morgan fingerprint density at radius 3 is 2.30 bits per heavy atom. The normalized spacial score (nSPS) is 10.6. The Kier molecular flexibility index (Phi) is 5.16. The molecule has 0 fully saturated rings. The predicted molar refractivity (Wildman–Crippen MR) is 81.7 cm³/mol. The van der Waals surface area contributed by atoms with Crippen molar-refractivity contribution in [1.82, 2.24) is 0 Å². The van der Waals surface area contributed by atoms with Gasteiger partial charge in [0.25, 0.3) is 0 Å². The molecule has 3 nitrogen and oxygen atoms in total. The van der Waals surface area contributed by atoms with Crippen LogP contribution in [0.3, 0.4) is 0 Å². The van der Waals surface area contributed by atoms with Crippen molar-refractivity contribution in [3.63, 3.8) is 0 Å². The zero-order chi connectivity index (χ0) is 14.4. The van der Waals surface area contributed by atoms with Crippen LogP contribution in [0.4, 0.5) is 5.69 Å². The summed E-state index contributed by atoms with van der Waals surface area (Å²) in [6.45, 7) is 3.56. The van der Waals surface area contributed by atoms with Gasteiger partial charge < -0.3 is 15.1 Å². The van der Waals surface area contributed by atoms with Crippen LogP contribution in [0, 0.1) is 6.92 Å². The first-order valence-electron chi connectivity index (χ1n) is 6.84. The molecule has 3 heteroatoms. The van der Waals surface area contributed by atoms with E-state index in [1.54, 1.807) is 0 Å². The Morgan fingerprint density at radius 1 is 0.950 bits per heavy atom. The van der Waals surface area contributed by atoms with Gasteiger partial charge in [0.2, 0.25) is 0 Å². The van der Waals surface area contributed by atoms with Crippen molar-refractivity contribution in [1.29, 1.82) is 0 Å². The van der Waals surface area contributed by atoms with Crippen molar-refractivity contribution in [2.75, 3.05) is 18.1 Å². The standard InChI is InChI=1S/C17H21NO2/c1-14-11-16(13-20)7-8-17(14)18(9-10-19)12-15-5-3-2-4-6-15/h2-8,11,19-20H,9-10,12-13H2,1H3. The number of anilines is 1. The minimum atomic E-state index is 0.0554. The Balaban J connectivity index is 2.24. The number of aliphatic hydroxyl groups is 2. The van der Waals surface area contributed by atoms with Crippen LogP contribution >= 0.6 is 0 Å². The summed E-state index contributed by atoms with van der Waals surface area (Å²) in [4.78, 5) is 2.16. The van der Waals surface area contributed by atoms with Crippen molar-refractivity contribution in [2.24, 2.45) is 0 Å². The third-order valence-corrected chi connectivity index (χ3v) is 3.37. The number of hydrogen-bond acceptors (Lipinski definition) is 3. The summed E-state index contributed by atoms with van der Waals surface area (Å²) in [5.74, 6) is 0. The van der Waals surface area contributed by atoms with E-state index in [1.165, 1.54) is 5.56 Å². The Hall–Kier alpha value is -1.84. The fraction of sp³-hybridized carbons (Fsp3) is 0.294. The third-order valence-electron chi connectivity index (χ3n) is 3.37. The van der Waals surface area contributed by atoms with Crippen molar-refractivity contribution >= 4 is 5.69 Å². The van der Waals surface area contributed by atoms with Gasteiger partial charge in [-0.2, -0.15) is 0 Å². The van der Waals surface area contributed by atoms with E-state index in [4.69, 9.17) is 0 Å². The van der Waals surface area contributed by atoms with Gasteiger partial charge >= 0.3 is 0 Å². The quantitative estimate of drug-likeness (QED) is 0.848. The molecule has 2 N–H and O–H groups in total. The highest BCUT2D eigenvalue weighted by Crippen LogP contribution is 2.23. The lowest BCUT2D eigenvalue weighted by atomic mass is 10.1. The van der Waals surface area contributed by atoms with Crippen molar-refractivity contribution in [3.05, 3.63) is 65.2 Å². The molecule has 0 heterocycles. The zero-order valence-electron chi connectivity index (χ0n) is 11.8. The molecule has 0 aliphatic carbocycles. The highest BCUT2D eigenvalue weighted by atomic mass is 16.3. The molecule has 0 saturated carbocycles. The van der Waals surface area contributed by atoms with Gasteiger partial charge in [-0.3, -0.25) is 0 Å². The van der Waals surface area contributed by atoms with E-state index in [1.807, 2.05) is 43.3 Å². The summed E-state index contributed by atoms with van der Waals surface area (Å²) in [5.41, 5.74) is 4.34. The summed E-state index contributed by atoms with van der Waals surface area (Å²) in [5, 5.41) is 18.5. The molecule has 106 valence electrons. The topological polar surface area (TPSA) is 43.7 Å². The summed E-state index contributed by atoms with van der Waals surface area (Å²) >= 11 is 0. The van der Waals surface area contributed by atoms with Crippen molar-refractivity contribution < 1.29 is 10.2 Å². The molecule has 0 bridgehead atoms. The van der Waals surface area contributed by atoms with E-state index in [2.05, 4.69) is 17.0 Å². The van der Waals surface area contributed by atoms with Gasteiger partial charge in [-0.25, -0.2) is 0 Å². The van der Waals surface area contributed by atoms with E-state index in [9.17, 15) is 10.2 Å². The maximum atomic E-state index is 9.29. The summed E-state index contributed by atoms with van der Waals surface area (Å²) < 4.78 is 0. The van der Waals surface area contributed by atoms with Crippen LogP contribution in [0.1, 0.15) is 16.7 Å². The highest BCUT2D eigenvalue weighted by Gasteiger charge is 2.10. The molecule has 0 amide bonds. The molecule has 2 rings (SSSR count). The average molecular weight is 271 g/mol. The molecular formula is C17H21NO2. The van der Waals surface area contributed by atoms with E-state index < -0.39 is 0 Å². The Morgan fingerprint density at radius 2 is 1.70 bits per heavy atom. The summed E-state index contributed by atoms with van der Waals surface area (Å²) in [6.07, 6.45) is 0. The predicted octanol–water partition coefficient (Wildman–Crippen LogP) is 2.49. The molecule has 0 atom stereocenters. The van der Waals surface area contributed by atoms with Crippen LogP contribution in [0.2, 0.25) is 0 Å². The Bertz CT molecular complexity index is 540. The highest BCUT2D eigenvalue weighted by molar-refractivity contribution is 5.54. The lowest BCUT2D eigenvalue weighted by molar-refractivity contribution is 0.281. The maximum Gasteiger partial charge on any atom is 0.0681 e. The first kappa shape index (κ1) is 14.6. The fourth-order valence-electron chi connectivity index (χ4n) is 2.38. The molecule has 0 radical (unpaired) electrons. The number of rotatable bonds is 6. The summed E-state index contributed by atoms with van der Waals surface area (Å²) in [7, 11) is 0. The van der Waals surface area contributed by atoms with Gasteiger partial charge in [-0.05, 0) is 29.7 Å². The van der Waals surface area contributed by atoms with Gasteiger partial charge in [0.05, 0.1) is 13.2 Å². The van der Waals surface area contributed by atoms with Crippen LogP contribution in [-0.2, 0) is 13.2 Å². The number of benzene rings is 2. The fourth-order valence-corrected chi connectivity index (χ4v) is 2.38. The van der Waals surface area contributed by atoms with E-state index in [-0.39, 0.29) is 13.2 Å². The van der Waals surface area contributed by atoms with E-state index >= 15 is 0 Å². The molecule has 0 unspecified atom stereocenters. The Labute approximate surface area is 120 Å². The molecular weight excluding hydrogens is 250 g/mol. The third kappa shape index (κ3) is 3.59. The van der Waals surface area contributed by atoms with E-state index in [0.717, 1.165) is 23.4 Å². The minimum Gasteiger partial charge on any atom is -0.395 e. The van der Waals surface area contributed by atoms with Crippen molar-refractivity contribution in [3.8, 4) is 0 Å². The lowest BCUT2D eigenvalue weighted by Gasteiger charge is -2.26. The monoisotopic (exact) mass is 271 g/mol. The second kappa shape index (κ2) is 7.08. The van der Waals surface area contributed by atoms with Gasteiger partial charge in [0.1, 0.15) is 0 Å². The van der Waals surface area contributed by atoms with Crippen molar-refractivity contribution in [2.45, 2.75) is 20.1 Å². The van der Waals surface area contributed by atoms with Crippen LogP contribution < -0.4 is 4.90 Å². The zero-order valence-corrected chi connectivity index (χ0v) is 11.8. The molecule has 0 aliphatic heterocycles. The molecule has 2 aromatic carbocycles. The van der Waals surface area contributed by atoms with Crippen LogP contribution in [0.25, 0.3) is 0 Å². The largest absolute Gasteiger partial charge is 0.395 e. The van der Waals surface area contributed by atoms with Crippen LogP contribution in [0.15, 0.2) is 48.5 Å². The first-order chi connectivity index (χ1) is 9.74. The number of nitrogens with zero attached hydrogens (tertiary/aromatic N) is 1. The van der Waals surface area contributed by atoms with E-state index in [0.29, 0.717) is 6.54 Å². The van der Waals surface area contributed by atoms with Gasteiger partial charge in [0, 0.05) is 18.8 Å². The lowest BCUT2D eigenvalue weighted by Crippen LogP contribution is -2.26. The molecule has 0 saturated heterocycles. The number of aliphatic hydroxyl groups excluding tert-OH is 2. The van der Waals surface area contributed by atoms with Crippen LogP contribution in [-0.4, -0.2) is 23.4 Å². The molecule has 2 aromatic rings. The minimum absolute atomic E-state index is 0.0554. The van der Waals surface area contributed by atoms with Gasteiger partial charge in [0.15, 0.2) is 0 Å². The smallest absolute Gasteiger partial charge is 0.0681 e. The number of aryl methyl sites for hydroxylation is 1. The SMILES string of the molecule is Cc1cc(CO)ccc1N(CCO)Cc1ccccc1. The second-order valence-electron chi connectivity index (χ2n) is 4.91. The second-order valence-corrected chi connectivity index (χ2v) is 4.91. The molecule has 0 aromatic heterocycles. The van der Waals surface area contributed by atoms with Gasteiger partial charge in [-0.1, -0.05) is 42.5 Å². The van der Waals surface area contributed by atoms with Gasteiger partial charge in [-0.15, -0.1) is 0 Å².